The third-order valence-corrected chi connectivity index (χ3v) is 3.13. The Balaban J connectivity index is 2.11. The molecule has 18 heavy (non-hydrogen) atoms. The average Bonchev–Trinajstić information content (AvgIpc) is 2.44. The van der Waals surface area contributed by atoms with Gasteiger partial charge in [-0.15, -0.1) is 6.42 Å². The van der Waals surface area contributed by atoms with E-state index in [1.165, 1.54) is 0 Å². The van der Waals surface area contributed by atoms with Gasteiger partial charge in [0.15, 0.2) is 11.5 Å². The molecule has 1 aromatic carbocycles. The monoisotopic (exact) mass is 245 g/mol. The van der Waals surface area contributed by atoms with E-state index in [9.17, 15) is 0 Å². The fourth-order valence-electron chi connectivity index (χ4n) is 2.01. The molecule has 0 radical (unpaired) electrons. The molecule has 3 nitrogen and oxygen atoms in total. The van der Waals surface area contributed by atoms with Gasteiger partial charge in [-0.2, -0.15) is 0 Å². The Hall–Kier alpha value is -1.66. The molecule has 1 N–H and O–H groups in total. The molecular formula is C15H19NO2. The lowest BCUT2D eigenvalue weighted by atomic mass is 10.1. The fourth-order valence-corrected chi connectivity index (χ4v) is 2.01. The van der Waals surface area contributed by atoms with E-state index in [0.717, 1.165) is 23.5 Å². The highest BCUT2D eigenvalue weighted by Gasteiger charge is 2.15. The standard InChI is InChI=1S/C15H19NO2/c1-4-13(5-2)16-11(3)12-6-7-14-15(10-12)18-9-8-17-14/h1,6-7,10-11,13,16H,5,8-9H2,2-3H3. The number of terminal acetylenes is 1. The molecule has 1 aromatic rings. The predicted octanol–water partition coefficient (Wildman–Crippen LogP) is 2.52. The Morgan fingerprint density at radius 1 is 1.33 bits per heavy atom. The summed E-state index contributed by atoms with van der Waals surface area (Å²) >= 11 is 0. The van der Waals surface area contributed by atoms with Gasteiger partial charge in [-0.3, -0.25) is 5.32 Å². The van der Waals surface area contributed by atoms with Crippen molar-refractivity contribution >= 4 is 0 Å². The summed E-state index contributed by atoms with van der Waals surface area (Å²) in [4.78, 5) is 0. The number of hydrogen-bond donors (Lipinski definition) is 1. The number of fused-ring (bicyclic) bond motifs is 1. The molecule has 0 aromatic heterocycles. The lowest BCUT2D eigenvalue weighted by molar-refractivity contribution is 0.171. The van der Waals surface area contributed by atoms with Gasteiger partial charge in [0, 0.05) is 6.04 Å². The van der Waals surface area contributed by atoms with Crippen LogP contribution in [0.1, 0.15) is 31.9 Å². The van der Waals surface area contributed by atoms with Crippen LogP contribution in [0.2, 0.25) is 0 Å². The normalized spacial score (nSPS) is 16.7. The van der Waals surface area contributed by atoms with Crippen molar-refractivity contribution in [2.45, 2.75) is 32.4 Å². The maximum absolute atomic E-state index is 5.58. The molecular weight excluding hydrogens is 226 g/mol. The first-order valence-electron chi connectivity index (χ1n) is 6.36. The number of rotatable bonds is 4. The van der Waals surface area contributed by atoms with Crippen LogP contribution in [-0.4, -0.2) is 19.3 Å². The summed E-state index contributed by atoms with van der Waals surface area (Å²) < 4.78 is 11.1. The average molecular weight is 245 g/mol. The molecule has 0 bridgehead atoms. The van der Waals surface area contributed by atoms with Crippen LogP contribution < -0.4 is 14.8 Å². The van der Waals surface area contributed by atoms with Gasteiger partial charge in [0.1, 0.15) is 13.2 Å². The van der Waals surface area contributed by atoms with E-state index in [4.69, 9.17) is 15.9 Å². The second kappa shape index (κ2) is 5.79. The van der Waals surface area contributed by atoms with Gasteiger partial charge in [0.25, 0.3) is 0 Å². The molecule has 3 heteroatoms. The number of benzene rings is 1. The van der Waals surface area contributed by atoms with Crippen LogP contribution in [0.25, 0.3) is 0 Å². The smallest absolute Gasteiger partial charge is 0.161 e. The van der Waals surface area contributed by atoms with E-state index in [0.29, 0.717) is 13.2 Å². The Morgan fingerprint density at radius 2 is 2.06 bits per heavy atom. The molecule has 2 atom stereocenters. The molecule has 0 fully saturated rings. The molecule has 0 saturated carbocycles. The maximum Gasteiger partial charge on any atom is 0.161 e. The molecule has 96 valence electrons. The first-order chi connectivity index (χ1) is 8.74. The summed E-state index contributed by atoms with van der Waals surface area (Å²) in [5, 5.41) is 3.41. The minimum Gasteiger partial charge on any atom is -0.486 e. The molecule has 0 amide bonds. The number of nitrogens with one attached hydrogen (secondary N) is 1. The van der Waals surface area contributed by atoms with E-state index in [1.807, 2.05) is 12.1 Å². The van der Waals surface area contributed by atoms with Crippen molar-refractivity contribution in [2.24, 2.45) is 0 Å². The Kier molecular flexibility index (Phi) is 4.11. The second-order valence-corrected chi connectivity index (χ2v) is 4.42. The van der Waals surface area contributed by atoms with Crippen molar-refractivity contribution in [3.05, 3.63) is 23.8 Å². The minimum atomic E-state index is 0.105. The zero-order chi connectivity index (χ0) is 13.0. The maximum atomic E-state index is 5.58. The minimum absolute atomic E-state index is 0.105. The summed E-state index contributed by atoms with van der Waals surface area (Å²) in [5.74, 6) is 4.39. The quantitative estimate of drug-likeness (QED) is 0.827. The Bertz CT molecular complexity index is 450. The SMILES string of the molecule is C#CC(CC)NC(C)c1ccc2c(c1)OCCO2. The molecule has 0 saturated heterocycles. The van der Waals surface area contributed by atoms with Crippen molar-refractivity contribution in [3.63, 3.8) is 0 Å². The van der Waals surface area contributed by atoms with Gasteiger partial charge in [0.05, 0.1) is 6.04 Å². The van der Waals surface area contributed by atoms with Gasteiger partial charge < -0.3 is 9.47 Å². The Labute approximate surface area is 108 Å². The van der Waals surface area contributed by atoms with Crippen molar-refractivity contribution in [1.29, 1.82) is 0 Å². The molecule has 0 spiro atoms. The zero-order valence-electron chi connectivity index (χ0n) is 10.9. The van der Waals surface area contributed by atoms with E-state index in [1.54, 1.807) is 0 Å². The summed E-state index contributed by atoms with van der Waals surface area (Å²) in [6, 6.07) is 6.33. The van der Waals surface area contributed by atoms with Crippen LogP contribution in [0.4, 0.5) is 0 Å². The molecule has 1 aliphatic heterocycles. The van der Waals surface area contributed by atoms with E-state index in [-0.39, 0.29) is 12.1 Å². The third kappa shape index (κ3) is 2.77. The first kappa shape index (κ1) is 12.8. The van der Waals surface area contributed by atoms with Crippen LogP contribution in [0.15, 0.2) is 18.2 Å². The van der Waals surface area contributed by atoms with E-state index >= 15 is 0 Å². The van der Waals surface area contributed by atoms with Gasteiger partial charge >= 0.3 is 0 Å². The predicted molar refractivity (Wildman–Crippen MR) is 71.9 cm³/mol. The van der Waals surface area contributed by atoms with Crippen LogP contribution >= 0.6 is 0 Å². The van der Waals surface area contributed by atoms with E-state index in [2.05, 4.69) is 31.2 Å². The summed E-state index contributed by atoms with van der Waals surface area (Å²) in [6.45, 7) is 5.41. The van der Waals surface area contributed by atoms with Crippen molar-refractivity contribution in [1.82, 2.24) is 5.32 Å². The molecule has 2 rings (SSSR count). The van der Waals surface area contributed by atoms with Crippen LogP contribution in [-0.2, 0) is 0 Å². The molecule has 0 aliphatic carbocycles. The summed E-state index contributed by atoms with van der Waals surface area (Å²) in [5.41, 5.74) is 1.16. The van der Waals surface area contributed by atoms with Crippen LogP contribution in [0.5, 0.6) is 11.5 Å². The summed E-state index contributed by atoms with van der Waals surface area (Å²) in [7, 11) is 0. The van der Waals surface area contributed by atoms with Gasteiger partial charge in [-0.25, -0.2) is 0 Å². The van der Waals surface area contributed by atoms with Crippen molar-refractivity contribution in [2.75, 3.05) is 13.2 Å². The van der Waals surface area contributed by atoms with Crippen LogP contribution in [0, 0.1) is 12.3 Å². The largest absolute Gasteiger partial charge is 0.486 e. The number of hydrogen-bond acceptors (Lipinski definition) is 3. The lowest BCUT2D eigenvalue weighted by Crippen LogP contribution is -2.29. The highest BCUT2D eigenvalue weighted by Crippen LogP contribution is 2.32. The fraction of sp³-hybridized carbons (Fsp3) is 0.467. The topological polar surface area (TPSA) is 30.5 Å². The zero-order valence-corrected chi connectivity index (χ0v) is 10.9. The first-order valence-corrected chi connectivity index (χ1v) is 6.36. The lowest BCUT2D eigenvalue weighted by Gasteiger charge is -2.22. The second-order valence-electron chi connectivity index (χ2n) is 4.42. The molecule has 1 aliphatic rings. The van der Waals surface area contributed by atoms with E-state index < -0.39 is 0 Å². The molecule has 2 unspecified atom stereocenters. The van der Waals surface area contributed by atoms with Gasteiger partial charge in [-0.05, 0) is 31.0 Å². The highest BCUT2D eigenvalue weighted by atomic mass is 16.6. The van der Waals surface area contributed by atoms with Gasteiger partial charge in [0.2, 0.25) is 0 Å². The Morgan fingerprint density at radius 3 is 2.72 bits per heavy atom. The molecule has 1 heterocycles. The van der Waals surface area contributed by atoms with Crippen molar-refractivity contribution in [3.8, 4) is 23.8 Å². The van der Waals surface area contributed by atoms with Crippen molar-refractivity contribution < 1.29 is 9.47 Å². The van der Waals surface area contributed by atoms with Gasteiger partial charge in [-0.1, -0.05) is 18.9 Å². The summed E-state index contributed by atoms with van der Waals surface area (Å²) in [6.07, 6.45) is 6.39. The third-order valence-electron chi connectivity index (χ3n) is 3.13. The number of ether oxygens (including phenoxy) is 2. The highest BCUT2D eigenvalue weighted by molar-refractivity contribution is 5.44. The van der Waals surface area contributed by atoms with Crippen LogP contribution in [0.3, 0.4) is 0 Å².